The summed E-state index contributed by atoms with van der Waals surface area (Å²) in [4.78, 5) is 8.74. The van der Waals surface area contributed by atoms with Crippen LogP contribution >= 0.6 is 22.6 Å². The van der Waals surface area contributed by atoms with Gasteiger partial charge in [-0.2, -0.15) is 0 Å². The highest BCUT2D eigenvalue weighted by molar-refractivity contribution is 14.1. The lowest BCUT2D eigenvalue weighted by Gasteiger charge is -2.35. The van der Waals surface area contributed by atoms with Crippen molar-refractivity contribution in [3.8, 4) is 0 Å². The zero-order chi connectivity index (χ0) is 12.3. The molecule has 1 saturated heterocycles. The minimum atomic E-state index is -0.425. The lowest BCUT2D eigenvalue weighted by Crippen LogP contribution is -2.38. The van der Waals surface area contributed by atoms with Crippen LogP contribution in [0.25, 0.3) is 0 Å². The molecule has 0 bridgehead atoms. The third kappa shape index (κ3) is 2.69. The van der Waals surface area contributed by atoms with Gasteiger partial charge >= 0.3 is 0 Å². The molecular weight excluding hydrogens is 333 g/mol. The number of aromatic nitrogens is 2. The summed E-state index contributed by atoms with van der Waals surface area (Å²) in [5, 5.41) is 0. The molecule has 1 aliphatic rings. The predicted molar refractivity (Wildman–Crippen MR) is 72.5 cm³/mol. The summed E-state index contributed by atoms with van der Waals surface area (Å²) < 4.78 is 12.1. The van der Waals surface area contributed by atoms with Gasteiger partial charge in [-0.1, -0.05) is 0 Å². The fraction of sp³-hybridized carbons (Fsp3) is 0.636. The van der Waals surface area contributed by atoms with E-state index in [0.717, 1.165) is 16.4 Å². The second-order valence-electron chi connectivity index (χ2n) is 3.97. The lowest BCUT2D eigenvalue weighted by atomic mass is 9.93. The highest BCUT2D eigenvalue weighted by atomic mass is 127. The Morgan fingerprint density at radius 1 is 1.53 bits per heavy atom. The smallest absolute Gasteiger partial charge is 0.162 e. The van der Waals surface area contributed by atoms with E-state index in [2.05, 4.69) is 32.6 Å². The highest BCUT2D eigenvalue weighted by Gasteiger charge is 2.38. The zero-order valence-electron chi connectivity index (χ0n) is 9.78. The van der Waals surface area contributed by atoms with Crippen LogP contribution in [-0.2, 0) is 15.1 Å². The summed E-state index contributed by atoms with van der Waals surface area (Å²) >= 11 is 2.12. The van der Waals surface area contributed by atoms with Crippen LogP contribution in [-0.4, -0.2) is 29.8 Å². The summed E-state index contributed by atoms with van der Waals surface area (Å²) in [5.41, 5.74) is 5.41. The quantitative estimate of drug-likeness (QED) is 0.842. The average molecular weight is 349 g/mol. The Morgan fingerprint density at radius 3 is 2.82 bits per heavy atom. The van der Waals surface area contributed by atoms with Crippen LogP contribution in [0.2, 0.25) is 0 Å². The standard InChI is InChI=1S/C11H16IN3O2/c1-2-17-11(3-5-16-6-4-11)10-14-7-8(12)9(13)15-10/h7H,2-6H2,1H3,(H2,13,14,15). The number of anilines is 1. The molecule has 0 aromatic carbocycles. The van der Waals surface area contributed by atoms with Crippen molar-refractivity contribution in [2.24, 2.45) is 0 Å². The van der Waals surface area contributed by atoms with Gasteiger partial charge in [0.05, 0.1) is 3.57 Å². The number of nitrogens with zero attached hydrogens (tertiary/aromatic N) is 2. The summed E-state index contributed by atoms with van der Waals surface area (Å²) in [6, 6.07) is 0. The van der Waals surface area contributed by atoms with E-state index in [9.17, 15) is 0 Å². The van der Waals surface area contributed by atoms with Crippen molar-refractivity contribution in [3.63, 3.8) is 0 Å². The Morgan fingerprint density at radius 2 is 2.24 bits per heavy atom. The Kier molecular flexibility index (Phi) is 4.16. The molecular formula is C11H16IN3O2. The molecule has 0 unspecified atom stereocenters. The number of nitrogens with two attached hydrogens (primary N) is 1. The van der Waals surface area contributed by atoms with Crippen molar-refractivity contribution in [2.75, 3.05) is 25.6 Å². The number of rotatable bonds is 3. The second kappa shape index (κ2) is 5.45. The Labute approximate surface area is 114 Å². The molecule has 94 valence electrons. The molecule has 0 radical (unpaired) electrons. The Hall–Kier alpha value is -0.470. The van der Waals surface area contributed by atoms with Crippen molar-refractivity contribution in [1.82, 2.24) is 9.97 Å². The van der Waals surface area contributed by atoms with E-state index in [4.69, 9.17) is 15.2 Å². The van der Waals surface area contributed by atoms with Gasteiger partial charge in [0, 0.05) is 38.9 Å². The fourth-order valence-corrected chi connectivity index (χ4v) is 2.27. The van der Waals surface area contributed by atoms with Gasteiger partial charge in [-0.25, -0.2) is 9.97 Å². The van der Waals surface area contributed by atoms with E-state index in [0.29, 0.717) is 31.5 Å². The monoisotopic (exact) mass is 349 g/mol. The van der Waals surface area contributed by atoms with Crippen LogP contribution in [0.5, 0.6) is 0 Å². The molecule has 1 aromatic heterocycles. The molecule has 2 heterocycles. The highest BCUT2D eigenvalue weighted by Crippen LogP contribution is 2.34. The normalized spacial score (nSPS) is 19.2. The molecule has 1 aromatic rings. The maximum atomic E-state index is 5.89. The molecule has 0 saturated carbocycles. The first-order valence-corrected chi connectivity index (χ1v) is 6.76. The van der Waals surface area contributed by atoms with Gasteiger partial charge in [0.1, 0.15) is 11.4 Å². The van der Waals surface area contributed by atoms with Crippen molar-refractivity contribution < 1.29 is 9.47 Å². The van der Waals surface area contributed by atoms with E-state index in [1.807, 2.05) is 6.92 Å². The fourth-order valence-electron chi connectivity index (χ4n) is 2.01. The van der Waals surface area contributed by atoms with Gasteiger partial charge < -0.3 is 15.2 Å². The number of hydrogen-bond donors (Lipinski definition) is 1. The van der Waals surface area contributed by atoms with Crippen molar-refractivity contribution in [3.05, 3.63) is 15.6 Å². The molecule has 2 rings (SSSR count). The molecule has 0 aliphatic carbocycles. The van der Waals surface area contributed by atoms with Crippen LogP contribution < -0.4 is 5.73 Å². The van der Waals surface area contributed by atoms with E-state index >= 15 is 0 Å². The summed E-state index contributed by atoms with van der Waals surface area (Å²) in [6.45, 7) is 3.97. The number of halogens is 1. The van der Waals surface area contributed by atoms with Crippen LogP contribution in [0.1, 0.15) is 25.6 Å². The van der Waals surface area contributed by atoms with Crippen LogP contribution in [0.3, 0.4) is 0 Å². The first-order valence-electron chi connectivity index (χ1n) is 5.68. The summed E-state index contributed by atoms with van der Waals surface area (Å²) in [6.07, 6.45) is 3.30. The molecule has 0 atom stereocenters. The molecule has 2 N–H and O–H groups in total. The van der Waals surface area contributed by atoms with E-state index in [-0.39, 0.29) is 0 Å². The zero-order valence-corrected chi connectivity index (χ0v) is 11.9. The van der Waals surface area contributed by atoms with Gasteiger partial charge in [0.25, 0.3) is 0 Å². The van der Waals surface area contributed by atoms with Gasteiger partial charge in [-0.05, 0) is 29.5 Å². The topological polar surface area (TPSA) is 70.3 Å². The molecule has 5 nitrogen and oxygen atoms in total. The molecule has 1 fully saturated rings. The largest absolute Gasteiger partial charge is 0.383 e. The molecule has 0 amide bonds. The molecule has 6 heteroatoms. The Bertz CT molecular complexity index is 389. The van der Waals surface area contributed by atoms with E-state index < -0.39 is 5.60 Å². The lowest BCUT2D eigenvalue weighted by molar-refractivity contribution is -0.117. The van der Waals surface area contributed by atoms with Crippen molar-refractivity contribution >= 4 is 28.4 Å². The van der Waals surface area contributed by atoms with Crippen LogP contribution in [0, 0.1) is 3.57 Å². The maximum absolute atomic E-state index is 5.89. The van der Waals surface area contributed by atoms with E-state index in [1.54, 1.807) is 6.20 Å². The molecule has 0 spiro atoms. The minimum Gasteiger partial charge on any atom is -0.383 e. The molecule has 1 aliphatic heterocycles. The van der Waals surface area contributed by atoms with Crippen molar-refractivity contribution in [1.29, 1.82) is 0 Å². The van der Waals surface area contributed by atoms with Gasteiger partial charge in [0.2, 0.25) is 0 Å². The van der Waals surface area contributed by atoms with Gasteiger partial charge in [-0.3, -0.25) is 0 Å². The molecule has 17 heavy (non-hydrogen) atoms. The number of nitrogen functional groups attached to an aromatic ring is 1. The Balaban J connectivity index is 2.34. The summed E-state index contributed by atoms with van der Waals surface area (Å²) in [7, 11) is 0. The van der Waals surface area contributed by atoms with Gasteiger partial charge in [0.15, 0.2) is 5.82 Å². The first kappa shape index (κ1) is 13.0. The second-order valence-corrected chi connectivity index (χ2v) is 5.13. The first-order chi connectivity index (χ1) is 8.18. The summed E-state index contributed by atoms with van der Waals surface area (Å²) in [5.74, 6) is 1.20. The predicted octanol–water partition coefficient (Wildman–Crippen LogP) is 1.71. The van der Waals surface area contributed by atoms with Crippen LogP contribution in [0.15, 0.2) is 6.20 Å². The third-order valence-corrected chi connectivity index (χ3v) is 3.73. The average Bonchev–Trinajstić information content (AvgIpc) is 2.34. The van der Waals surface area contributed by atoms with Crippen LogP contribution in [0.4, 0.5) is 5.82 Å². The SMILES string of the molecule is CCOC1(c2ncc(I)c(N)n2)CCOCC1. The third-order valence-electron chi connectivity index (χ3n) is 2.90. The minimum absolute atomic E-state index is 0.425. The van der Waals surface area contributed by atoms with E-state index in [1.165, 1.54) is 0 Å². The van der Waals surface area contributed by atoms with Gasteiger partial charge in [-0.15, -0.1) is 0 Å². The number of ether oxygens (including phenoxy) is 2. The number of hydrogen-bond acceptors (Lipinski definition) is 5. The van der Waals surface area contributed by atoms with Crippen molar-refractivity contribution in [2.45, 2.75) is 25.4 Å². The maximum Gasteiger partial charge on any atom is 0.162 e.